The van der Waals surface area contributed by atoms with Gasteiger partial charge in [-0.1, -0.05) is 22.0 Å². The molecule has 0 aromatic heterocycles. The monoisotopic (exact) mass is 372 g/mol. The quantitative estimate of drug-likeness (QED) is 0.567. The van der Waals surface area contributed by atoms with E-state index in [9.17, 15) is 0 Å². The first-order chi connectivity index (χ1) is 10.2. The highest BCUT2D eigenvalue weighted by Gasteiger charge is 2.14. The molecule has 1 aliphatic rings. The molecule has 1 atom stereocenters. The third kappa shape index (κ3) is 6.74. The topological polar surface area (TPSA) is 42.5 Å². The highest BCUT2D eigenvalue weighted by Crippen LogP contribution is 2.15. The molecule has 1 fully saturated rings. The molecule has 0 aliphatic carbocycles. The van der Waals surface area contributed by atoms with Crippen LogP contribution in [-0.4, -0.2) is 37.6 Å². The Hall–Kier alpha value is -0.690. The molecule has 1 heterocycles. The summed E-state index contributed by atoms with van der Waals surface area (Å²) < 4.78 is 12.1. The SMILES string of the molecule is S=C(NCCCOC[C@H]1CCCO1)Nc1cccc(Br)c1. The molecule has 4 nitrogen and oxygen atoms in total. The van der Waals surface area contributed by atoms with Crippen LogP contribution in [0.25, 0.3) is 0 Å². The van der Waals surface area contributed by atoms with Crippen LogP contribution in [0.2, 0.25) is 0 Å². The van der Waals surface area contributed by atoms with E-state index in [1.165, 1.54) is 0 Å². The first-order valence-corrected chi connectivity index (χ1v) is 8.44. The zero-order chi connectivity index (χ0) is 14.9. The Labute approximate surface area is 139 Å². The molecule has 2 N–H and O–H groups in total. The number of halogens is 1. The molecule has 0 radical (unpaired) electrons. The Morgan fingerprint density at radius 3 is 3.14 bits per heavy atom. The third-order valence-corrected chi connectivity index (χ3v) is 3.90. The van der Waals surface area contributed by atoms with Crippen LogP contribution in [0.5, 0.6) is 0 Å². The van der Waals surface area contributed by atoms with E-state index >= 15 is 0 Å². The van der Waals surface area contributed by atoms with E-state index in [4.69, 9.17) is 21.7 Å². The molecule has 1 aliphatic heterocycles. The molecule has 6 heteroatoms. The maximum atomic E-state index is 5.60. The van der Waals surface area contributed by atoms with E-state index in [2.05, 4.69) is 26.6 Å². The standard InChI is InChI=1S/C15H21BrN2O2S/c16-12-4-1-5-13(10-12)18-15(21)17-7-3-8-19-11-14-6-2-9-20-14/h1,4-5,10,14H,2-3,6-9,11H2,(H2,17,18,21)/t14-/m1/s1. The van der Waals surface area contributed by atoms with E-state index in [0.717, 1.165) is 49.2 Å². The van der Waals surface area contributed by atoms with Gasteiger partial charge < -0.3 is 20.1 Å². The third-order valence-electron chi connectivity index (χ3n) is 3.16. The zero-order valence-electron chi connectivity index (χ0n) is 11.9. The van der Waals surface area contributed by atoms with Gasteiger partial charge in [-0.05, 0) is 49.7 Å². The van der Waals surface area contributed by atoms with Crippen molar-refractivity contribution in [1.29, 1.82) is 0 Å². The summed E-state index contributed by atoms with van der Waals surface area (Å²) in [4.78, 5) is 0. The van der Waals surface area contributed by atoms with Crippen molar-refractivity contribution in [1.82, 2.24) is 5.32 Å². The minimum atomic E-state index is 0.303. The summed E-state index contributed by atoms with van der Waals surface area (Å²) in [5.41, 5.74) is 0.969. The van der Waals surface area contributed by atoms with Crippen LogP contribution >= 0.6 is 28.1 Å². The summed E-state index contributed by atoms with van der Waals surface area (Å²) in [7, 11) is 0. The lowest BCUT2D eigenvalue weighted by molar-refractivity contribution is 0.0168. The van der Waals surface area contributed by atoms with Crippen LogP contribution in [0.1, 0.15) is 19.3 Å². The predicted molar refractivity (Wildman–Crippen MR) is 92.8 cm³/mol. The molecule has 2 rings (SSSR count). The zero-order valence-corrected chi connectivity index (χ0v) is 14.3. The fourth-order valence-corrected chi connectivity index (χ4v) is 2.73. The number of anilines is 1. The Morgan fingerprint density at radius 2 is 2.38 bits per heavy atom. The van der Waals surface area contributed by atoms with Gasteiger partial charge >= 0.3 is 0 Å². The molecule has 0 unspecified atom stereocenters. The van der Waals surface area contributed by atoms with Crippen LogP contribution in [0.3, 0.4) is 0 Å². The highest BCUT2D eigenvalue weighted by molar-refractivity contribution is 9.10. The van der Waals surface area contributed by atoms with Gasteiger partial charge in [-0.2, -0.15) is 0 Å². The largest absolute Gasteiger partial charge is 0.379 e. The predicted octanol–water partition coefficient (Wildman–Crippen LogP) is 3.32. The molecule has 0 saturated carbocycles. The van der Waals surface area contributed by atoms with Crippen LogP contribution in [-0.2, 0) is 9.47 Å². The van der Waals surface area contributed by atoms with Crippen molar-refractivity contribution in [3.8, 4) is 0 Å². The minimum absolute atomic E-state index is 0.303. The maximum Gasteiger partial charge on any atom is 0.170 e. The molecule has 1 aromatic rings. The number of rotatable bonds is 7. The van der Waals surface area contributed by atoms with Gasteiger partial charge in [0.05, 0.1) is 12.7 Å². The van der Waals surface area contributed by atoms with Crippen molar-refractivity contribution in [2.45, 2.75) is 25.4 Å². The summed E-state index contributed by atoms with van der Waals surface area (Å²) >= 11 is 8.68. The molecular weight excluding hydrogens is 352 g/mol. The number of thiocarbonyl (C=S) groups is 1. The van der Waals surface area contributed by atoms with Crippen molar-refractivity contribution in [2.75, 3.05) is 31.7 Å². The molecule has 0 bridgehead atoms. The minimum Gasteiger partial charge on any atom is -0.379 e. The van der Waals surface area contributed by atoms with E-state index in [1.807, 2.05) is 24.3 Å². The van der Waals surface area contributed by atoms with Crippen LogP contribution in [0, 0.1) is 0 Å². The van der Waals surface area contributed by atoms with Crippen LogP contribution < -0.4 is 10.6 Å². The number of nitrogens with one attached hydrogen (secondary N) is 2. The molecule has 116 valence electrons. The van der Waals surface area contributed by atoms with Gasteiger partial charge in [0.2, 0.25) is 0 Å². The number of benzene rings is 1. The lowest BCUT2D eigenvalue weighted by atomic mass is 10.2. The molecule has 0 spiro atoms. The first-order valence-electron chi connectivity index (χ1n) is 7.24. The second kappa shape index (κ2) is 9.35. The van der Waals surface area contributed by atoms with Gasteiger partial charge in [-0.25, -0.2) is 0 Å². The van der Waals surface area contributed by atoms with Crippen molar-refractivity contribution in [3.63, 3.8) is 0 Å². The molecule has 21 heavy (non-hydrogen) atoms. The van der Waals surface area contributed by atoms with Gasteiger partial charge in [0.15, 0.2) is 5.11 Å². The highest BCUT2D eigenvalue weighted by atomic mass is 79.9. The van der Waals surface area contributed by atoms with Gasteiger partial charge in [-0.3, -0.25) is 0 Å². The van der Waals surface area contributed by atoms with Gasteiger partial charge in [0.25, 0.3) is 0 Å². The van der Waals surface area contributed by atoms with E-state index in [-0.39, 0.29) is 0 Å². The molecular formula is C15H21BrN2O2S. The van der Waals surface area contributed by atoms with Crippen molar-refractivity contribution >= 4 is 38.9 Å². The average molecular weight is 373 g/mol. The second-order valence-corrected chi connectivity index (χ2v) is 6.28. The molecule has 1 aromatic carbocycles. The van der Waals surface area contributed by atoms with Gasteiger partial charge in [0, 0.05) is 29.9 Å². The Balaban J connectivity index is 1.51. The van der Waals surface area contributed by atoms with Crippen molar-refractivity contribution in [3.05, 3.63) is 28.7 Å². The summed E-state index contributed by atoms with van der Waals surface area (Å²) in [6.07, 6.45) is 3.51. The Bertz CT molecular complexity index is 453. The fraction of sp³-hybridized carbons (Fsp3) is 0.533. The fourth-order valence-electron chi connectivity index (χ4n) is 2.11. The van der Waals surface area contributed by atoms with E-state index < -0.39 is 0 Å². The second-order valence-electron chi connectivity index (χ2n) is 4.95. The summed E-state index contributed by atoms with van der Waals surface area (Å²) in [6, 6.07) is 7.91. The van der Waals surface area contributed by atoms with E-state index in [0.29, 0.717) is 17.8 Å². The van der Waals surface area contributed by atoms with E-state index in [1.54, 1.807) is 0 Å². The molecule has 1 saturated heterocycles. The summed E-state index contributed by atoms with van der Waals surface area (Å²) in [5.74, 6) is 0. The summed E-state index contributed by atoms with van der Waals surface area (Å²) in [6.45, 7) is 3.11. The smallest absolute Gasteiger partial charge is 0.170 e. The van der Waals surface area contributed by atoms with Gasteiger partial charge in [-0.15, -0.1) is 0 Å². The lowest BCUT2D eigenvalue weighted by Crippen LogP contribution is -2.30. The van der Waals surface area contributed by atoms with Gasteiger partial charge in [0.1, 0.15) is 0 Å². The Morgan fingerprint density at radius 1 is 1.48 bits per heavy atom. The Kier molecular flexibility index (Phi) is 7.43. The average Bonchev–Trinajstić information content (AvgIpc) is 2.96. The lowest BCUT2D eigenvalue weighted by Gasteiger charge is -2.12. The van der Waals surface area contributed by atoms with Crippen molar-refractivity contribution < 1.29 is 9.47 Å². The summed E-state index contributed by atoms with van der Waals surface area (Å²) in [5, 5.41) is 6.95. The first kappa shape index (κ1) is 16.7. The molecule has 0 amide bonds. The normalized spacial score (nSPS) is 17.7. The number of ether oxygens (including phenoxy) is 2. The number of hydrogen-bond donors (Lipinski definition) is 2. The van der Waals surface area contributed by atoms with Crippen LogP contribution in [0.15, 0.2) is 28.7 Å². The van der Waals surface area contributed by atoms with Crippen molar-refractivity contribution in [2.24, 2.45) is 0 Å². The maximum absolute atomic E-state index is 5.60. The van der Waals surface area contributed by atoms with Crippen LogP contribution in [0.4, 0.5) is 5.69 Å². The number of hydrogen-bond acceptors (Lipinski definition) is 3.